The molecule has 0 fully saturated rings. The predicted octanol–water partition coefficient (Wildman–Crippen LogP) is 3.76. The summed E-state index contributed by atoms with van der Waals surface area (Å²) in [6.45, 7) is 2.10. The van der Waals surface area contributed by atoms with Crippen LogP contribution in [0.5, 0.6) is 0 Å². The second kappa shape index (κ2) is 5.82. The van der Waals surface area contributed by atoms with Crippen molar-refractivity contribution in [2.75, 3.05) is 19.0 Å². The van der Waals surface area contributed by atoms with Crippen molar-refractivity contribution in [3.8, 4) is 0 Å². The summed E-state index contributed by atoms with van der Waals surface area (Å²) in [7, 11) is 4.10. The minimum Gasteiger partial charge on any atom is -0.378 e. The van der Waals surface area contributed by atoms with Crippen LogP contribution in [0.2, 0.25) is 0 Å². The zero-order chi connectivity index (χ0) is 14.8. The highest BCUT2D eigenvalue weighted by Gasteiger charge is 2.21. The van der Waals surface area contributed by atoms with Gasteiger partial charge in [-0.3, -0.25) is 5.43 Å². The molecule has 2 aromatic carbocycles. The fourth-order valence-corrected chi connectivity index (χ4v) is 3.20. The van der Waals surface area contributed by atoms with Crippen molar-refractivity contribution in [1.82, 2.24) is 5.43 Å². The van der Waals surface area contributed by atoms with E-state index < -0.39 is 0 Å². The Morgan fingerprint density at radius 3 is 2.29 bits per heavy atom. The molecule has 1 unspecified atom stereocenters. The number of hydrazone groups is 1. The van der Waals surface area contributed by atoms with Gasteiger partial charge in [-0.25, -0.2) is 0 Å². The number of hydrogen-bond acceptors (Lipinski definition) is 4. The number of nitrogens with zero attached hydrogens (tertiary/aromatic N) is 2. The van der Waals surface area contributed by atoms with Crippen molar-refractivity contribution < 1.29 is 0 Å². The van der Waals surface area contributed by atoms with Crippen LogP contribution in [0.4, 0.5) is 5.69 Å². The van der Waals surface area contributed by atoms with Gasteiger partial charge < -0.3 is 4.90 Å². The van der Waals surface area contributed by atoms with E-state index in [0.29, 0.717) is 0 Å². The maximum Gasteiger partial charge on any atom is 0.126 e. The first kappa shape index (κ1) is 14.0. The highest BCUT2D eigenvalue weighted by atomic mass is 32.2. The van der Waals surface area contributed by atoms with E-state index >= 15 is 0 Å². The molecule has 3 rings (SSSR count). The van der Waals surface area contributed by atoms with Gasteiger partial charge in [0.1, 0.15) is 10.4 Å². The van der Waals surface area contributed by atoms with Gasteiger partial charge in [0.15, 0.2) is 0 Å². The molecule has 0 bridgehead atoms. The first-order chi connectivity index (χ1) is 10.1. The molecule has 0 spiro atoms. The number of nitrogens with one attached hydrogen (secondary N) is 1. The molecule has 108 valence electrons. The molecule has 0 amide bonds. The summed E-state index contributed by atoms with van der Waals surface area (Å²) in [6.07, 6.45) is 0. The van der Waals surface area contributed by atoms with Gasteiger partial charge in [0.2, 0.25) is 0 Å². The fraction of sp³-hybridized carbons (Fsp3) is 0.235. The van der Waals surface area contributed by atoms with Crippen LogP contribution in [-0.4, -0.2) is 19.1 Å². The molecule has 3 nitrogen and oxygen atoms in total. The molecule has 1 N–H and O–H groups in total. The molecule has 0 radical (unpaired) electrons. The van der Waals surface area contributed by atoms with Gasteiger partial charge in [-0.2, -0.15) is 5.10 Å². The van der Waals surface area contributed by atoms with E-state index in [1.165, 1.54) is 22.4 Å². The number of hydrogen-bond donors (Lipinski definition) is 1. The minimum atomic E-state index is 0.192. The van der Waals surface area contributed by atoms with E-state index in [9.17, 15) is 0 Å². The maximum absolute atomic E-state index is 4.47. The van der Waals surface area contributed by atoms with E-state index in [2.05, 4.69) is 85.0 Å². The molecule has 1 heterocycles. The molecule has 21 heavy (non-hydrogen) atoms. The molecule has 1 atom stereocenters. The van der Waals surface area contributed by atoms with Crippen LogP contribution in [0.25, 0.3) is 0 Å². The van der Waals surface area contributed by atoms with Crippen LogP contribution in [0.1, 0.15) is 22.1 Å². The lowest BCUT2D eigenvalue weighted by Crippen LogP contribution is -2.10. The lowest BCUT2D eigenvalue weighted by atomic mass is 10.2. The minimum absolute atomic E-state index is 0.192. The summed E-state index contributed by atoms with van der Waals surface area (Å²) < 4.78 is 0. The van der Waals surface area contributed by atoms with Crippen molar-refractivity contribution in [3.05, 3.63) is 65.2 Å². The highest BCUT2D eigenvalue weighted by Crippen LogP contribution is 2.34. The lowest BCUT2D eigenvalue weighted by Gasteiger charge is -2.14. The van der Waals surface area contributed by atoms with Crippen molar-refractivity contribution in [2.24, 2.45) is 5.10 Å². The topological polar surface area (TPSA) is 27.6 Å². The molecule has 0 saturated heterocycles. The maximum atomic E-state index is 4.47. The van der Waals surface area contributed by atoms with Gasteiger partial charge >= 0.3 is 0 Å². The third-order valence-electron chi connectivity index (χ3n) is 3.52. The zero-order valence-electron chi connectivity index (χ0n) is 12.5. The summed E-state index contributed by atoms with van der Waals surface area (Å²) >= 11 is 1.76. The van der Waals surface area contributed by atoms with Gasteiger partial charge in [0, 0.05) is 25.3 Å². The van der Waals surface area contributed by atoms with Crippen molar-refractivity contribution >= 4 is 22.5 Å². The zero-order valence-corrected chi connectivity index (χ0v) is 13.3. The number of benzene rings is 2. The average molecular weight is 297 g/mol. The SMILES string of the molecule is Cc1ccc(C2=NNC(c3ccc(N(C)C)cc3)S2)cc1. The predicted molar refractivity (Wildman–Crippen MR) is 92.0 cm³/mol. The van der Waals surface area contributed by atoms with Crippen LogP contribution in [0.3, 0.4) is 0 Å². The molecular formula is C17H19N3S. The number of anilines is 1. The Morgan fingerprint density at radius 2 is 1.67 bits per heavy atom. The Hall–Kier alpha value is -1.94. The van der Waals surface area contributed by atoms with Gasteiger partial charge in [-0.1, -0.05) is 53.7 Å². The molecular weight excluding hydrogens is 278 g/mol. The first-order valence-corrected chi connectivity index (χ1v) is 7.85. The number of thioether (sulfide) groups is 1. The summed E-state index contributed by atoms with van der Waals surface area (Å²) in [4.78, 5) is 2.10. The molecule has 0 saturated carbocycles. The molecule has 0 aromatic heterocycles. The summed E-state index contributed by atoms with van der Waals surface area (Å²) in [6, 6.07) is 17.1. The highest BCUT2D eigenvalue weighted by molar-refractivity contribution is 8.14. The van der Waals surface area contributed by atoms with E-state index in [1.807, 2.05) is 0 Å². The molecule has 4 heteroatoms. The Morgan fingerprint density at radius 1 is 1.00 bits per heavy atom. The summed E-state index contributed by atoms with van der Waals surface area (Å²) in [5, 5.41) is 5.71. The molecule has 0 aliphatic carbocycles. The Kier molecular flexibility index (Phi) is 3.88. The molecule has 1 aliphatic rings. The second-order valence-electron chi connectivity index (χ2n) is 5.40. The average Bonchev–Trinajstić information content (AvgIpc) is 2.98. The van der Waals surface area contributed by atoms with E-state index in [4.69, 9.17) is 0 Å². The van der Waals surface area contributed by atoms with Gasteiger partial charge in [-0.05, 0) is 24.6 Å². The van der Waals surface area contributed by atoms with Crippen molar-refractivity contribution in [2.45, 2.75) is 12.3 Å². The first-order valence-electron chi connectivity index (χ1n) is 6.98. The largest absolute Gasteiger partial charge is 0.378 e. The van der Waals surface area contributed by atoms with Gasteiger partial charge in [0.25, 0.3) is 0 Å². The number of aryl methyl sites for hydroxylation is 1. The van der Waals surface area contributed by atoms with E-state index in [0.717, 1.165) is 5.04 Å². The smallest absolute Gasteiger partial charge is 0.126 e. The summed E-state index contributed by atoms with van der Waals surface area (Å²) in [5.41, 5.74) is 8.12. The van der Waals surface area contributed by atoms with Gasteiger partial charge in [-0.15, -0.1) is 0 Å². The quantitative estimate of drug-likeness (QED) is 0.935. The van der Waals surface area contributed by atoms with Gasteiger partial charge in [0.05, 0.1) is 0 Å². The third kappa shape index (κ3) is 3.05. The van der Waals surface area contributed by atoms with Crippen LogP contribution in [-0.2, 0) is 0 Å². The van der Waals surface area contributed by atoms with Crippen molar-refractivity contribution in [1.29, 1.82) is 0 Å². The number of rotatable bonds is 3. The van der Waals surface area contributed by atoms with E-state index in [-0.39, 0.29) is 5.37 Å². The van der Waals surface area contributed by atoms with Crippen LogP contribution in [0, 0.1) is 6.92 Å². The van der Waals surface area contributed by atoms with Crippen LogP contribution >= 0.6 is 11.8 Å². The molecule has 2 aromatic rings. The summed E-state index contributed by atoms with van der Waals surface area (Å²) in [5.74, 6) is 0. The van der Waals surface area contributed by atoms with Crippen molar-refractivity contribution in [3.63, 3.8) is 0 Å². The Labute approximate surface area is 130 Å². The van der Waals surface area contributed by atoms with Crippen LogP contribution < -0.4 is 10.3 Å². The second-order valence-corrected chi connectivity index (χ2v) is 6.49. The standard InChI is InChI=1S/C17H19N3S/c1-12-4-6-13(7-5-12)16-18-19-17(21-16)14-8-10-15(11-9-14)20(2)3/h4-11,17,19H,1-3H3. The Bertz CT molecular complexity index is 645. The fourth-order valence-electron chi connectivity index (χ4n) is 2.20. The normalized spacial score (nSPS) is 17.3. The van der Waals surface area contributed by atoms with Crippen LogP contribution in [0.15, 0.2) is 53.6 Å². The Balaban J connectivity index is 1.72. The van der Waals surface area contributed by atoms with E-state index in [1.54, 1.807) is 11.8 Å². The molecule has 1 aliphatic heterocycles. The third-order valence-corrected chi connectivity index (χ3v) is 4.69. The lowest BCUT2D eigenvalue weighted by molar-refractivity contribution is 0.744. The monoisotopic (exact) mass is 297 g/mol.